The highest BCUT2D eigenvalue weighted by atomic mass is 79.9. The van der Waals surface area contributed by atoms with Crippen molar-refractivity contribution in [3.63, 3.8) is 0 Å². The van der Waals surface area contributed by atoms with Gasteiger partial charge in [-0.25, -0.2) is 0 Å². The first-order valence-electron chi connectivity index (χ1n) is 5.45. The van der Waals surface area contributed by atoms with Crippen molar-refractivity contribution in [1.29, 1.82) is 0 Å². The van der Waals surface area contributed by atoms with Crippen molar-refractivity contribution in [2.45, 2.75) is 26.2 Å². The Morgan fingerprint density at radius 2 is 1.75 bits per heavy atom. The Labute approximate surface area is 114 Å². The number of hydrogen-bond acceptors (Lipinski definition) is 2. The zero-order valence-electron chi connectivity index (χ0n) is 9.39. The Hall–Kier alpha value is -0.0600. The summed E-state index contributed by atoms with van der Waals surface area (Å²) in [5.41, 5.74) is 2.33. The molecule has 0 unspecified atom stereocenters. The molecule has 0 aliphatic heterocycles. The molecule has 1 aromatic rings. The lowest BCUT2D eigenvalue weighted by atomic mass is 10.2. The number of aliphatic hydroxyl groups excluding tert-OH is 1. The summed E-state index contributed by atoms with van der Waals surface area (Å²) in [5.74, 6) is 0. The molecule has 0 amide bonds. The summed E-state index contributed by atoms with van der Waals surface area (Å²) >= 11 is 7.10. The van der Waals surface area contributed by atoms with Crippen molar-refractivity contribution in [2.75, 3.05) is 18.5 Å². The molecule has 0 spiro atoms. The van der Waals surface area contributed by atoms with Crippen molar-refractivity contribution in [1.82, 2.24) is 0 Å². The lowest BCUT2D eigenvalue weighted by Crippen LogP contribution is -2.03. The molecule has 0 bridgehead atoms. The zero-order valence-corrected chi connectivity index (χ0v) is 12.6. The van der Waals surface area contributed by atoms with Gasteiger partial charge >= 0.3 is 0 Å². The SMILES string of the molecule is Cc1cc(Br)c(NCCCCCO)c(Br)c1. The van der Waals surface area contributed by atoms with Crippen LogP contribution in [0.5, 0.6) is 0 Å². The number of unbranched alkanes of at least 4 members (excludes halogenated alkanes) is 2. The van der Waals surface area contributed by atoms with Crippen LogP contribution in [0.15, 0.2) is 21.1 Å². The molecule has 0 fully saturated rings. The van der Waals surface area contributed by atoms with Gasteiger partial charge in [0.15, 0.2) is 0 Å². The largest absolute Gasteiger partial charge is 0.396 e. The Morgan fingerprint density at radius 1 is 1.12 bits per heavy atom. The second-order valence-electron chi connectivity index (χ2n) is 3.81. The van der Waals surface area contributed by atoms with Crippen molar-refractivity contribution < 1.29 is 5.11 Å². The maximum atomic E-state index is 8.67. The van der Waals surface area contributed by atoms with Gasteiger partial charge in [0.1, 0.15) is 0 Å². The molecule has 0 aliphatic carbocycles. The lowest BCUT2D eigenvalue weighted by molar-refractivity contribution is 0.283. The quantitative estimate of drug-likeness (QED) is 0.757. The second kappa shape index (κ2) is 7.30. The average Bonchev–Trinajstić information content (AvgIpc) is 2.20. The highest BCUT2D eigenvalue weighted by Gasteiger charge is 2.04. The van der Waals surface area contributed by atoms with E-state index >= 15 is 0 Å². The molecular formula is C12H17Br2NO. The van der Waals surface area contributed by atoms with E-state index in [0.29, 0.717) is 0 Å². The van der Waals surface area contributed by atoms with Crippen LogP contribution in [0.3, 0.4) is 0 Å². The van der Waals surface area contributed by atoms with E-state index in [1.54, 1.807) is 0 Å². The fourth-order valence-corrected chi connectivity index (χ4v) is 3.19. The zero-order chi connectivity index (χ0) is 12.0. The number of benzene rings is 1. The third kappa shape index (κ3) is 4.44. The predicted molar refractivity (Wildman–Crippen MR) is 76.0 cm³/mol. The smallest absolute Gasteiger partial charge is 0.0629 e. The Kier molecular flexibility index (Phi) is 6.39. The Morgan fingerprint density at radius 3 is 2.31 bits per heavy atom. The van der Waals surface area contributed by atoms with Crippen LogP contribution in [0.2, 0.25) is 0 Å². The van der Waals surface area contributed by atoms with Gasteiger partial charge in [-0.3, -0.25) is 0 Å². The van der Waals surface area contributed by atoms with E-state index in [0.717, 1.165) is 40.4 Å². The molecule has 0 saturated carbocycles. The van der Waals surface area contributed by atoms with E-state index in [1.807, 2.05) is 0 Å². The average molecular weight is 351 g/mol. The number of anilines is 1. The van der Waals surface area contributed by atoms with E-state index in [4.69, 9.17) is 5.11 Å². The third-order valence-corrected chi connectivity index (χ3v) is 3.57. The molecule has 0 radical (unpaired) electrons. The van der Waals surface area contributed by atoms with E-state index in [-0.39, 0.29) is 6.61 Å². The molecule has 90 valence electrons. The summed E-state index contributed by atoms with van der Waals surface area (Å²) in [5, 5.41) is 12.1. The maximum absolute atomic E-state index is 8.67. The molecule has 0 heterocycles. The van der Waals surface area contributed by atoms with Crippen LogP contribution in [0, 0.1) is 6.92 Å². The highest BCUT2D eigenvalue weighted by molar-refractivity contribution is 9.11. The number of halogens is 2. The van der Waals surface area contributed by atoms with Crippen molar-refractivity contribution in [3.05, 3.63) is 26.6 Å². The Balaban J connectivity index is 2.47. The van der Waals surface area contributed by atoms with Crippen molar-refractivity contribution in [2.24, 2.45) is 0 Å². The van der Waals surface area contributed by atoms with Gasteiger partial charge in [-0.15, -0.1) is 0 Å². The molecule has 0 saturated heterocycles. The molecule has 16 heavy (non-hydrogen) atoms. The van der Waals surface area contributed by atoms with Crippen LogP contribution in [0.25, 0.3) is 0 Å². The van der Waals surface area contributed by atoms with Crippen LogP contribution in [0.4, 0.5) is 5.69 Å². The van der Waals surface area contributed by atoms with Gasteiger partial charge in [-0.1, -0.05) is 0 Å². The highest BCUT2D eigenvalue weighted by Crippen LogP contribution is 2.32. The summed E-state index contributed by atoms with van der Waals surface area (Å²) < 4.78 is 2.17. The van der Waals surface area contributed by atoms with Gasteiger partial charge in [0.05, 0.1) is 5.69 Å². The summed E-state index contributed by atoms with van der Waals surface area (Å²) in [4.78, 5) is 0. The van der Waals surface area contributed by atoms with Gasteiger partial charge in [0.2, 0.25) is 0 Å². The standard InChI is InChI=1S/C12H17Br2NO/c1-9-7-10(13)12(11(14)8-9)15-5-3-2-4-6-16/h7-8,15-16H,2-6H2,1H3. The third-order valence-electron chi connectivity index (χ3n) is 2.32. The lowest BCUT2D eigenvalue weighted by Gasteiger charge is -2.11. The minimum Gasteiger partial charge on any atom is -0.396 e. The van der Waals surface area contributed by atoms with Crippen LogP contribution in [-0.2, 0) is 0 Å². The van der Waals surface area contributed by atoms with Gasteiger partial charge in [0.25, 0.3) is 0 Å². The normalized spacial score (nSPS) is 10.5. The maximum Gasteiger partial charge on any atom is 0.0629 e. The first-order valence-corrected chi connectivity index (χ1v) is 7.04. The van der Waals surface area contributed by atoms with Crippen LogP contribution < -0.4 is 5.32 Å². The first kappa shape index (κ1) is 14.0. The van der Waals surface area contributed by atoms with Gasteiger partial charge < -0.3 is 10.4 Å². The minimum absolute atomic E-state index is 0.290. The topological polar surface area (TPSA) is 32.3 Å². The number of rotatable bonds is 6. The molecule has 2 N–H and O–H groups in total. The minimum atomic E-state index is 0.290. The number of aliphatic hydroxyl groups is 1. The fraction of sp³-hybridized carbons (Fsp3) is 0.500. The molecule has 2 nitrogen and oxygen atoms in total. The van der Waals surface area contributed by atoms with Gasteiger partial charge in [0, 0.05) is 22.1 Å². The Bertz CT molecular complexity index is 319. The van der Waals surface area contributed by atoms with Crippen LogP contribution in [0.1, 0.15) is 24.8 Å². The van der Waals surface area contributed by atoms with Crippen molar-refractivity contribution in [3.8, 4) is 0 Å². The molecular weight excluding hydrogens is 334 g/mol. The number of hydrogen-bond donors (Lipinski definition) is 2. The molecule has 0 atom stereocenters. The molecule has 1 aromatic carbocycles. The first-order chi connectivity index (χ1) is 7.65. The number of nitrogens with one attached hydrogen (secondary N) is 1. The summed E-state index contributed by atoms with van der Waals surface area (Å²) in [6, 6.07) is 4.20. The van der Waals surface area contributed by atoms with Crippen molar-refractivity contribution >= 4 is 37.5 Å². The summed E-state index contributed by atoms with van der Waals surface area (Å²) in [7, 11) is 0. The predicted octanol–water partition coefficient (Wildman–Crippen LogP) is 4.09. The summed E-state index contributed by atoms with van der Waals surface area (Å²) in [6.07, 6.45) is 3.02. The van der Waals surface area contributed by atoms with E-state index in [2.05, 4.69) is 56.2 Å². The van der Waals surface area contributed by atoms with E-state index in [1.165, 1.54) is 5.56 Å². The van der Waals surface area contributed by atoms with Gasteiger partial charge in [-0.05, 0) is 75.7 Å². The van der Waals surface area contributed by atoms with Crippen LogP contribution >= 0.6 is 31.9 Å². The summed E-state index contributed by atoms with van der Waals surface area (Å²) in [6.45, 7) is 3.29. The molecule has 0 aromatic heterocycles. The van der Waals surface area contributed by atoms with Crippen LogP contribution in [-0.4, -0.2) is 18.3 Å². The number of aryl methyl sites for hydroxylation is 1. The molecule has 0 aliphatic rings. The second-order valence-corrected chi connectivity index (χ2v) is 5.52. The van der Waals surface area contributed by atoms with E-state index < -0.39 is 0 Å². The van der Waals surface area contributed by atoms with Gasteiger partial charge in [-0.2, -0.15) is 0 Å². The molecule has 1 rings (SSSR count). The van der Waals surface area contributed by atoms with E-state index in [9.17, 15) is 0 Å². The fourth-order valence-electron chi connectivity index (χ4n) is 1.50. The molecule has 4 heteroatoms. The monoisotopic (exact) mass is 349 g/mol.